The van der Waals surface area contributed by atoms with Crippen LogP contribution in [-0.4, -0.2) is 19.6 Å². The molecule has 4 nitrogen and oxygen atoms in total. The third-order valence-electron chi connectivity index (χ3n) is 3.21. The topological polar surface area (TPSA) is 50.4 Å². The third kappa shape index (κ3) is 4.67. The van der Waals surface area contributed by atoms with Crippen molar-refractivity contribution in [3.63, 3.8) is 0 Å². The quantitative estimate of drug-likeness (QED) is 0.858. The average Bonchev–Trinajstić information content (AvgIpc) is 2.52. The van der Waals surface area contributed by atoms with Gasteiger partial charge >= 0.3 is 0 Å². The summed E-state index contributed by atoms with van der Waals surface area (Å²) in [5.41, 5.74) is 2.96. The Hall–Kier alpha value is -2.20. The smallest absolute Gasteiger partial charge is 0.239 e. The van der Waals surface area contributed by atoms with Gasteiger partial charge in [-0.05, 0) is 30.7 Å². The molecule has 2 aromatic carbocycles. The summed E-state index contributed by atoms with van der Waals surface area (Å²) >= 11 is 5.95. The van der Waals surface area contributed by atoms with Gasteiger partial charge in [-0.1, -0.05) is 41.4 Å². The number of ether oxygens (including phenoxy) is 1. The summed E-state index contributed by atoms with van der Waals surface area (Å²) in [6.07, 6.45) is 0. The molecule has 1 amide bonds. The number of carbonyl (C=O) groups is 1. The van der Waals surface area contributed by atoms with E-state index in [2.05, 4.69) is 10.6 Å². The number of hydrogen-bond acceptors (Lipinski definition) is 3. The van der Waals surface area contributed by atoms with Gasteiger partial charge < -0.3 is 15.4 Å². The van der Waals surface area contributed by atoms with Gasteiger partial charge in [0.25, 0.3) is 0 Å². The Kier molecular flexibility index (Phi) is 5.67. The first-order valence-electron chi connectivity index (χ1n) is 6.98. The maximum absolute atomic E-state index is 11.9. The van der Waals surface area contributed by atoms with E-state index in [0.29, 0.717) is 23.0 Å². The Bertz CT molecular complexity index is 642. The SMILES string of the molecule is COc1ccc(Cl)cc1NCC(=O)NCc1ccc(C)cc1. The average molecular weight is 319 g/mol. The van der Waals surface area contributed by atoms with E-state index in [9.17, 15) is 4.79 Å². The second kappa shape index (κ2) is 7.71. The first-order valence-corrected chi connectivity index (χ1v) is 7.36. The summed E-state index contributed by atoms with van der Waals surface area (Å²) in [5, 5.41) is 6.48. The lowest BCUT2D eigenvalue weighted by atomic mass is 10.1. The summed E-state index contributed by atoms with van der Waals surface area (Å²) in [7, 11) is 1.58. The van der Waals surface area contributed by atoms with Crippen LogP contribution in [0.4, 0.5) is 5.69 Å². The molecule has 0 atom stereocenters. The number of hydrogen-bond donors (Lipinski definition) is 2. The number of amides is 1. The number of benzene rings is 2. The summed E-state index contributed by atoms with van der Waals surface area (Å²) < 4.78 is 5.22. The predicted octanol–water partition coefficient (Wildman–Crippen LogP) is 3.39. The summed E-state index contributed by atoms with van der Waals surface area (Å²) in [5.74, 6) is 0.554. The monoisotopic (exact) mass is 318 g/mol. The lowest BCUT2D eigenvalue weighted by molar-refractivity contribution is -0.119. The Labute approximate surface area is 135 Å². The van der Waals surface area contributed by atoms with Crippen molar-refractivity contribution in [3.8, 4) is 5.75 Å². The van der Waals surface area contributed by atoms with Gasteiger partial charge in [0, 0.05) is 11.6 Å². The zero-order chi connectivity index (χ0) is 15.9. The van der Waals surface area contributed by atoms with Gasteiger partial charge in [0.15, 0.2) is 0 Å². The van der Waals surface area contributed by atoms with Crippen LogP contribution in [0.1, 0.15) is 11.1 Å². The number of carbonyl (C=O) groups excluding carboxylic acids is 1. The number of anilines is 1. The molecule has 0 saturated carbocycles. The molecule has 0 saturated heterocycles. The van der Waals surface area contributed by atoms with Crippen molar-refractivity contribution in [1.82, 2.24) is 5.32 Å². The van der Waals surface area contributed by atoms with E-state index < -0.39 is 0 Å². The van der Waals surface area contributed by atoms with Crippen molar-refractivity contribution >= 4 is 23.2 Å². The maximum atomic E-state index is 11.9. The van der Waals surface area contributed by atoms with E-state index in [1.807, 2.05) is 31.2 Å². The minimum absolute atomic E-state index is 0.0948. The molecule has 0 spiro atoms. The van der Waals surface area contributed by atoms with Gasteiger partial charge in [-0.15, -0.1) is 0 Å². The molecular formula is C17H19ClN2O2. The number of nitrogens with one attached hydrogen (secondary N) is 2. The highest BCUT2D eigenvalue weighted by molar-refractivity contribution is 6.30. The molecule has 0 aliphatic rings. The summed E-state index contributed by atoms with van der Waals surface area (Å²) in [6, 6.07) is 13.3. The van der Waals surface area contributed by atoms with Crippen LogP contribution >= 0.6 is 11.6 Å². The number of halogens is 1. The Balaban J connectivity index is 1.85. The second-order valence-electron chi connectivity index (χ2n) is 4.96. The van der Waals surface area contributed by atoms with Crippen LogP contribution < -0.4 is 15.4 Å². The Morgan fingerprint density at radius 1 is 1.18 bits per heavy atom. The van der Waals surface area contributed by atoms with Crippen molar-refractivity contribution < 1.29 is 9.53 Å². The lowest BCUT2D eigenvalue weighted by Crippen LogP contribution is -2.29. The van der Waals surface area contributed by atoms with Crippen molar-refractivity contribution in [2.24, 2.45) is 0 Å². The van der Waals surface area contributed by atoms with E-state index in [-0.39, 0.29) is 12.5 Å². The van der Waals surface area contributed by atoms with Crippen molar-refractivity contribution in [2.75, 3.05) is 19.0 Å². The fraction of sp³-hybridized carbons (Fsp3) is 0.235. The van der Waals surface area contributed by atoms with Gasteiger partial charge in [0.1, 0.15) is 5.75 Å². The maximum Gasteiger partial charge on any atom is 0.239 e. The largest absolute Gasteiger partial charge is 0.495 e. The zero-order valence-electron chi connectivity index (χ0n) is 12.7. The van der Waals surface area contributed by atoms with Gasteiger partial charge in [0.05, 0.1) is 19.3 Å². The van der Waals surface area contributed by atoms with E-state index in [4.69, 9.17) is 16.3 Å². The van der Waals surface area contributed by atoms with E-state index >= 15 is 0 Å². The zero-order valence-corrected chi connectivity index (χ0v) is 13.4. The minimum Gasteiger partial charge on any atom is -0.495 e. The number of rotatable bonds is 6. The fourth-order valence-corrected chi connectivity index (χ4v) is 2.14. The first-order chi connectivity index (χ1) is 10.6. The van der Waals surface area contributed by atoms with Crippen LogP contribution in [0.15, 0.2) is 42.5 Å². The van der Waals surface area contributed by atoms with Crippen molar-refractivity contribution in [2.45, 2.75) is 13.5 Å². The van der Waals surface area contributed by atoms with Crippen LogP contribution in [-0.2, 0) is 11.3 Å². The predicted molar refractivity (Wildman–Crippen MR) is 89.5 cm³/mol. The molecular weight excluding hydrogens is 300 g/mol. The minimum atomic E-state index is -0.0948. The fourth-order valence-electron chi connectivity index (χ4n) is 1.96. The standard InChI is InChI=1S/C17H19ClN2O2/c1-12-3-5-13(6-4-12)10-20-17(21)11-19-15-9-14(18)7-8-16(15)22-2/h3-9,19H,10-11H2,1-2H3,(H,20,21). The molecule has 0 fully saturated rings. The van der Waals surface area contributed by atoms with Crippen LogP contribution in [0.2, 0.25) is 5.02 Å². The van der Waals surface area contributed by atoms with Crippen LogP contribution in [0, 0.1) is 6.92 Å². The molecule has 2 N–H and O–H groups in total. The van der Waals surface area contributed by atoms with Gasteiger partial charge in [0.2, 0.25) is 5.91 Å². The van der Waals surface area contributed by atoms with Crippen molar-refractivity contribution in [1.29, 1.82) is 0 Å². The Morgan fingerprint density at radius 2 is 1.91 bits per heavy atom. The molecule has 2 aromatic rings. The molecule has 2 rings (SSSR count). The second-order valence-corrected chi connectivity index (χ2v) is 5.40. The highest BCUT2D eigenvalue weighted by Gasteiger charge is 2.06. The molecule has 116 valence electrons. The molecule has 0 aliphatic carbocycles. The van der Waals surface area contributed by atoms with Crippen molar-refractivity contribution in [3.05, 3.63) is 58.6 Å². The van der Waals surface area contributed by atoms with Gasteiger partial charge in [-0.25, -0.2) is 0 Å². The highest BCUT2D eigenvalue weighted by atomic mass is 35.5. The van der Waals surface area contributed by atoms with E-state index in [1.165, 1.54) is 5.56 Å². The molecule has 5 heteroatoms. The Morgan fingerprint density at radius 3 is 2.59 bits per heavy atom. The van der Waals surface area contributed by atoms with E-state index in [0.717, 1.165) is 5.56 Å². The lowest BCUT2D eigenvalue weighted by Gasteiger charge is -2.11. The van der Waals surface area contributed by atoms with Gasteiger partial charge in [-0.2, -0.15) is 0 Å². The molecule has 22 heavy (non-hydrogen) atoms. The molecule has 0 aromatic heterocycles. The first kappa shape index (κ1) is 16.2. The van der Waals surface area contributed by atoms with Crippen LogP contribution in [0.3, 0.4) is 0 Å². The normalized spacial score (nSPS) is 10.1. The number of methoxy groups -OCH3 is 1. The van der Waals surface area contributed by atoms with Crippen LogP contribution in [0.25, 0.3) is 0 Å². The van der Waals surface area contributed by atoms with E-state index in [1.54, 1.807) is 25.3 Å². The summed E-state index contributed by atoms with van der Waals surface area (Å²) in [6.45, 7) is 2.70. The molecule has 0 radical (unpaired) electrons. The van der Waals surface area contributed by atoms with Gasteiger partial charge in [-0.3, -0.25) is 4.79 Å². The summed E-state index contributed by atoms with van der Waals surface area (Å²) in [4.78, 5) is 11.9. The molecule has 0 aliphatic heterocycles. The number of aryl methyl sites for hydroxylation is 1. The molecule has 0 unspecified atom stereocenters. The van der Waals surface area contributed by atoms with Crippen LogP contribution in [0.5, 0.6) is 5.75 Å². The molecule has 0 heterocycles. The highest BCUT2D eigenvalue weighted by Crippen LogP contribution is 2.27. The molecule has 0 bridgehead atoms. The third-order valence-corrected chi connectivity index (χ3v) is 3.45.